The van der Waals surface area contributed by atoms with Gasteiger partial charge in [-0.2, -0.15) is 0 Å². The van der Waals surface area contributed by atoms with Gasteiger partial charge in [-0.25, -0.2) is 0 Å². The molecule has 0 saturated carbocycles. The van der Waals surface area contributed by atoms with E-state index >= 15 is 0 Å². The Balaban J connectivity index is 1.72. The molecule has 1 spiro atoms. The van der Waals surface area contributed by atoms with Gasteiger partial charge in [0.15, 0.2) is 0 Å². The minimum atomic E-state index is -0.774. The summed E-state index contributed by atoms with van der Waals surface area (Å²) in [5, 5.41) is 10.2. The average molecular weight is 541 g/mol. The minimum Gasteiger partial charge on any atom is -0.465 e. The summed E-state index contributed by atoms with van der Waals surface area (Å²) in [6.45, 7) is 12.3. The van der Waals surface area contributed by atoms with Gasteiger partial charge in [-0.3, -0.25) is 14.4 Å². The summed E-state index contributed by atoms with van der Waals surface area (Å²) in [7, 11) is 0. The van der Waals surface area contributed by atoms with Crippen molar-refractivity contribution in [2.45, 2.75) is 68.2 Å². The fourth-order valence-corrected chi connectivity index (χ4v) is 9.07. The molecule has 3 aliphatic rings. The van der Waals surface area contributed by atoms with Crippen LogP contribution in [-0.2, 0) is 25.7 Å². The van der Waals surface area contributed by atoms with Crippen LogP contribution in [0.4, 0.5) is 0 Å². The second-order valence-corrected chi connectivity index (χ2v) is 12.2. The summed E-state index contributed by atoms with van der Waals surface area (Å²) in [4.78, 5) is 45.4. The molecular formula is C30H40N2O5S. The number of aliphatic hydroxyl groups excluding tert-OH is 1. The molecule has 0 radical (unpaired) electrons. The molecule has 7 nitrogen and oxygen atoms in total. The van der Waals surface area contributed by atoms with Gasteiger partial charge in [0.1, 0.15) is 6.04 Å². The lowest BCUT2D eigenvalue weighted by molar-refractivity contribution is -0.155. The van der Waals surface area contributed by atoms with E-state index in [0.29, 0.717) is 25.9 Å². The summed E-state index contributed by atoms with van der Waals surface area (Å²) in [6, 6.07) is 8.48. The lowest BCUT2D eigenvalue weighted by atomic mass is 9.66. The number of unbranched alkanes of at least 4 members (excludes halogenated alkanes) is 1. The summed E-state index contributed by atoms with van der Waals surface area (Å²) >= 11 is 1.63. The number of ether oxygens (including phenoxy) is 1. The molecule has 38 heavy (non-hydrogen) atoms. The molecular weight excluding hydrogens is 500 g/mol. The Kier molecular flexibility index (Phi) is 9.04. The molecule has 2 amide bonds. The van der Waals surface area contributed by atoms with Crippen LogP contribution >= 0.6 is 11.8 Å². The topological polar surface area (TPSA) is 87.2 Å². The third-order valence-electron chi connectivity index (χ3n) is 8.44. The number of rotatable bonds is 13. The van der Waals surface area contributed by atoms with E-state index in [1.807, 2.05) is 37.3 Å². The molecule has 1 aromatic carbocycles. The highest BCUT2D eigenvalue weighted by molar-refractivity contribution is 8.02. The minimum absolute atomic E-state index is 0.0497. The van der Waals surface area contributed by atoms with Gasteiger partial charge in [-0.05, 0) is 37.2 Å². The van der Waals surface area contributed by atoms with Crippen molar-refractivity contribution < 1.29 is 24.2 Å². The monoisotopic (exact) mass is 540 g/mol. The van der Waals surface area contributed by atoms with E-state index in [2.05, 4.69) is 20.1 Å². The lowest BCUT2D eigenvalue weighted by Gasteiger charge is -2.42. The molecule has 8 heteroatoms. The lowest BCUT2D eigenvalue weighted by Crippen LogP contribution is -2.59. The Labute approximate surface area is 230 Å². The van der Waals surface area contributed by atoms with Crippen LogP contribution in [0.1, 0.15) is 45.1 Å². The van der Waals surface area contributed by atoms with E-state index in [1.54, 1.807) is 33.7 Å². The normalized spacial score (nSPS) is 30.1. The molecule has 0 aromatic heterocycles. The molecule has 3 fully saturated rings. The number of hydrogen-bond donors (Lipinski definition) is 1. The number of amides is 2. The van der Waals surface area contributed by atoms with Gasteiger partial charge in [0.05, 0.1) is 35.8 Å². The quantitative estimate of drug-likeness (QED) is 0.233. The second-order valence-electron chi connectivity index (χ2n) is 10.6. The first-order chi connectivity index (χ1) is 18.3. The van der Waals surface area contributed by atoms with E-state index in [4.69, 9.17) is 4.74 Å². The molecule has 0 aliphatic carbocycles. The van der Waals surface area contributed by atoms with Crippen molar-refractivity contribution in [3.63, 3.8) is 0 Å². The molecule has 206 valence electrons. The average Bonchev–Trinajstić information content (AvgIpc) is 3.51. The van der Waals surface area contributed by atoms with Crippen LogP contribution in [0.5, 0.6) is 0 Å². The molecule has 3 saturated heterocycles. The number of carbonyl (C=O) groups excluding carboxylic acids is 3. The van der Waals surface area contributed by atoms with Crippen molar-refractivity contribution in [3.05, 3.63) is 61.2 Å². The van der Waals surface area contributed by atoms with Crippen LogP contribution in [0.3, 0.4) is 0 Å². The van der Waals surface area contributed by atoms with Crippen molar-refractivity contribution in [3.8, 4) is 0 Å². The summed E-state index contributed by atoms with van der Waals surface area (Å²) in [5.74, 6) is -1.91. The van der Waals surface area contributed by atoms with E-state index in [1.165, 1.54) is 0 Å². The van der Waals surface area contributed by atoms with E-state index in [-0.39, 0.29) is 42.2 Å². The van der Waals surface area contributed by atoms with Gasteiger partial charge < -0.3 is 19.6 Å². The predicted molar refractivity (Wildman–Crippen MR) is 149 cm³/mol. The van der Waals surface area contributed by atoms with Crippen molar-refractivity contribution in [2.24, 2.45) is 17.8 Å². The number of hydrogen-bond acceptors (Lipinski definition) is 6. The zero-order valence-electron chi connectivity index (χ0n) is 22.5. The van der Waals surface area contributed by atoms with Gasteiger partial charge in [0.2, 0.25) is 11.8 Å². The first-order valence-corrected chi connectivity index (χ1v) is 14.6. The highest BCUT2D eigenvalue weighted by Crippen LogP contribution is 2.69. The fourth-order valence-electron chi connectivity index (χ4n) is 6.68. The second kappa shape index (κ2) is 12.1. The molecule has 1 aromatic rings. The first kappa shape index (κ1) is 28.4. The van der Waals surface area contributed by atoms with Gasteiger partial charge in [0, 0.05) is 18.3 Å². The number of carbonyl (C=O) groups is 3. The Morgan fingerprint density at radius 3 is 2.66 bits per heavy atom. The molecule has 4 rings (SSSR count). The molecule has 3 aliphatic heterocycles. The number of benzene rings is 1. The number of likely N-dealkylation sites (tertiary alicyclic amines) is 1. The van der Waals surface area contributed by atoms with Gasteiger partial charge in [-0.15, -0.1) is 24.9 Å². The summed E-state index contributed by atoms with van der Waals surface area (Å²) in [5.41, 5.74) is 0.985. The third kappa shape index (κ3) is 4.81. The van der Waals surface area contributed by atoms with E-state index in [9.17, 15) is 19.5 Å². The third-order valence-corrected chi connectivity index (χ3v) is 10.5. The largest absolute Gasteiger partial charge is 0.465 e. The van der Waals surface area contributed by atoms with E-state index in [0.717, 1.165) is 18.4 Å². The maximum atomic E-state index is 14.5. The Morgan fingerprint density at radius 2 is 2.03 bits per heavy atom. The van der Waals surface area contributed by atoms with Crippen LogP contribution in [-0.4, -0.2) is 74.5 Å². The highest BCUT2D eigenvalue weighted by Gasteiger charge is 2.77. The molecule has 2 bridgehead atoms. The van der Waals surface area contributed by atoms with Crippen LogP contribution in [0.25, 0.3) is 0 Å². The smallest absolute Gasteiger partial charge is 0.310 e. The van der Waals surface area contributed by atoms with Crippen LogP contribution in [0.15, 0.2) is 55.6 Å². The molecule has 3 unspecified atom stereocenters. The van der Waals surface area contributed by atoms with Gasteiger partial charge in [-0.1, -0.05) is 56.3 Å². The van der Waals surface area contributed by atoms with Crippen molar-refractivity contribution in [1.82, 2.24) is 9.80 Å². The van der Waals surface area contributed by atoms with Crippen LogP contribution in [0.2, 0.25) is 0 Å². The van der Waals surface area contributed by atoms with Crippen molar-refractivity contribution in [1.29, 1.82) is 0 Å². The number of esters is 1. The summed E-state index contributed by atoms with van der Waals surface area (Å²) in [6.07, 6.45) is 6.18. The molecule has 3 heterocycles. The SMILES string of the molecule is C=CCCCOC(=O)[C@@H]1[C@@H]2CC(C)C3(S2)C(C(=O)N(CC=C)Cc2ccccc2)N([C@@H](CC)CO)C(=O)[C@H]13. The van der Waals surface area contributed by atoms with Gasteiger partial charge in [0.25, 0.3) is 0 Å². The van der Waals surface area contributed by atoms with Crippen molar-refractivity contribution in [2.75, 3.05) is 19.8 Å². The standard InChI is InChI=1S/C30H40N2O5S/c1-5-8-12-16-37-29(36)24-23-17-20(4)30(38-23)25(24)27(34)32(22(7-3)19-33)26(30)28(35)31(15-6-2)18-21-13-10-9-11-14-21/h5-6,9-11,13-14,20,22-26,33H,1-2,7-8,12,15-19H2,3-4H3/t20?,22-,23-,24+,25-,26?,30?/m0/s1. The van der Waals surface area contributed by atoms with Crippen molar-refractivity contribution >= 4 is 29.5 Å². The number of nitrogens with zero attached hydrogens (tertiary/aromatic N) is 2. The number of allylic oxidation sites excluding steroid dienone is 1. The maximum absolute atomic E-state index is 14.5. The van der Waals surface area contributed by atoms with E-state index < -0.39 is 28.7 Å². The Bertz CT molecular complexity index is 1040. The number of thioether (sulfide) groups is 1. The van der Waals surface area contributed by atoms with Crippen LogP contribution < -0.4 is 0 Å². The van der Waals surface area contributed by atoms with Gasteiger partial charge >= 0.3 is 5.97 Å². The number of fused-ring (bicyclic) bond motifs is 1. The predicted octanol–water partition coefficient (Wildman–Crippen LogP) is 3.82. The Hall–Kier alpha value is -2.58. The zero-order valence-corrected chi connectivity index (χ0v) is 23.3. The fraction of sp³-hybridized carbons (Fsp3) is 0.567. The first-order valence-electron chi connectivity index (χ1n) is 13.7. The van der Waals surface area contributed by atoms with Crippen LogP contribution in [0, 0.1) is 17.8 Å². The Morgan fingerprint density at radius 1 is 1.29 bits per heavy atom. The molecule has 7 atom stereocenters. The molecule has 1 N–H and O–H groups in total. The summed E-state index contributed by atoms with van der Waals surface area (Å²) < 4.78 is 4.90. The highest BCUT2D eigenvalue weighted by atomic mass is 32.2. The zero-order chi connectivity index (χ0) is 27.4. The maximum Gasteiger partial charge on any atom is 0.310 e. The number of aliphatic hydroxyl groups is 1.